The molecule has 0 radical (unpaired) electrons. The summed E-state index contributed by atoms with van der Waals surface area (Å²) >= 11 is 0. The third kappa shape index (κ3) is 3.69. The highest BCUT2D eigenvalue weighted by molar-refractivity contribution is 5.82. The number of carbonyl (C=O) groups excluding carboxylic acids is 2. The molecule has 0 N–H and O–H groups in total. The summed E-state index contributed by atoms with van der Waals surface area (Å²) in [5.74, 6) is 0.337. The van der Waals surface area contributed by atoms with E-state index in [1.54, 1.807) is 0 Å². The van der Waals surface area contributed by atoms with Crippen molar-refractivity contribution >= 4 is 11.8 Å². The topological polar surface area (TPSA) is 49.9 Å². The molecule has 19 heavy (non-hydrogen) atoms. The molecule has 2 amide bonds. The molecule has 5 heteroatoms. The van der Waals surface area contributed by atoms with E-state index in [1.807, 2.05) is 9.80 Å². The van der Waals surface area contributed by atoms with E-state index in [-0.39, 0.29) is 17.9 Å². The summed E-state index contributed by atoms with van der Waals surface area (Å²) in [7, 11) is 0. The minimum Gasteiger partial charge on any atom is -0.368 e. The van der Waals surface area contributed by atoms with E-state index in [9.17, 15) is 9.59 Å². The van der Waals surface area contributed by atoms with E-state index >= 15 is 0 Å². The van der Waals surface area contributed by atoms with Gasteiger partial charge in [0.2, 0.25) is 5.91 Å². The molecule has 0 aromatic heterocycles. The molecule has 0 spiro atoms. The maximum Gasteiger partial charge on any atom is 0.251 e. The SMILES string of the molecule is CCCCC(=O)N1CCN(C(=O)[C@H]2CCCO2)CC1. The van der Waals surface area contributed by atoms with E-state index in [4.69, 9.17) is 4.74 Å². The molecular weight excluding hydrogens is 244 g/mol. The first-order valence-corrected chi connectivity index (χ1v) is 7.40. The minimum absolute atomic E-state index is 0.109. The molecule has 0 aliphatic carbocycles. The molecule has 2 saturated heterocycles. The number of piperazine rings is 1. The summed E-state index contributed by atoms with van der Waals surface area (Å²) in [5, 5.41) is 0. The molecule has 1 atom stereocenters. The second-order valence-electron chi connectivity index (χ2n) is 5.31. The third-order valence-corrected chi connectivity index (χ3v) is 3.89. The van der Waals surface area contributed by atoms with Gasteiger partial charge in [-0.25, -0.2) is 0 Å². The van der Waals surface area contributed by atoms with Gasteiger partial charge in [-0.05, 0) is 19.3 Å². The summed E-state index contributed by atoms with van der Waals surface area (Å²) in [6.07, 6.45) is 4.22. The lowest BCUT2D eigenvalue weighted by atomic mass is 10.2. The first kappa shape index (κ1) is 14.3. The smallest absolute Gasteiger partial charge is 0.251 e. The Morgan fingerprint density at radius 1 is 1.16 bits per heavy atom. The van der Waals surface area contributed by atoms with Crippen LogP contribution in [-0.4, -0.2) is 60.5 Å². The summed E-state index contributed by atoms with van der Waals surface area (Å²) in [5.41, 5.74) is 0. The lowest BCUT2D eigenvalue weighted by molar-refractivity contribution is -0.146. The number of unbranched alkanes of at least 4 members (excludes halogenated alkanes) is 1. The first-order chi connectivity index (χ1) is 9.22. The maximum absolute atomic E-state index is 12.1. The van der Waals surface area contributed by atoms with Crippen LogP contribution in [0.2, 0.25) is 0 Å². The van der Waals surface area contributed by atoms with Gasteiger partial charge in [0.15, 0.2) is 0 Å². The van der Waals surface area contributed by atoms with Crippen LogP contribution in [0, 0.1) is 0 Å². The molecule has 0 aromatic carbocycles. The van der Waals surface area contributed by atoms with Crippen molar-refractivity contribution in [3.8, 4) is 0 Å². The van der Waals surface area contributed by atoms with Crippen molar-refractivity contribution in [2.75, 3.05) is 32.8 Å². The predicted molar refractivity (Wildman–Crippen MR) is 71.7 cm³/mol. The van der Waals surface area contributed by atoms with Crippen LogP contribution in [0.15, 0.2) is 0 Å². The lowest BCUT2D eigenvalue weighted by Gasteiger charge is -2.35. The average Bonchev–Trinajstić information content (AvgIpc) is 2.98. The fourth-order valence-corrected chi connectivity index (χ4v) is 2.64. The lowest BCUT2D eigenvalue weighted by Crippen LogP contribution is -2.52. The molecule has 2 fully saturated rings. The zero-order chi connectivity index (χ0) is 13.7. The van der Waals surface area contributed by atoms with Gasteiger partial charge in [-0.2, -0.15) is 0 Å². The van der Waals surface area contributed by atoms with E-state index < -0.39 is 0 Å². The zero-order valence-corrected chi connectivity index (χ0v) is 11.8. The largest absolute Gasteiger partial charge is 0.368 e. The predicted octanol–water partition coefficient (Wildman–Crippen LogP) is 1.03. The van der Waals surface area contributed by atoms with Crippen LogP contribution in [0.1, 0.15) is 39.0 Å². The average molecular weight is 268 g/mol. The monoisotopic (exact) mass is 268 g/mol. The number of rotatable bonds is 4. The van der Waals surface area contributed by atoms with Crippen LogP contribution >= 0.6 is 0 Å². The summed E-state index contributed by atoms with van der Waals surface area (Å²) in [6.45, 7) is 5.42. The number of amides is 2. The normalized spacial score (nSPS) is 23.7. The molecule has 0 bridgehead atoms. The summed E-state index contributed by atoms with van der Waals surface area (Å²) in [6, 6.07) is 0. The Hall–Kier alpha value is -1.10. The van der Waals surface area contributed by atoms with Crippen molar-refractivity contribution in [1.29, 1.82) is 0 Å². The number of hydrogen-bond donors (Lipinski definition) is 0. The summed E-state index contributed by atoms with van der Waals surface area (Å²) < 4.78 is 5.42. The van der Waals surface area contributed by atoms with E-state index in [2.05, 4.69) is 6.92 Å². The Morgan fingerprint density at radius 3 is 2.42 bits per heavy atom. The highest BCUT2D eigenvalue weighted by Gasteiger charge is 2.31. The van der Waals surface area contributed by atoms with Gasteiger partial charge in [-0.3, -0.25) is 9.59 Å². The van der Waals surface area contributed by atoms with E-state index in [0.717, 1.165) is 25.7 Å². The molecule has 5 nitrogen and oxygen atoms in total. The zero-order valence-electron chi connectivity index (χ0n) is 11.8. The van der Waals surface area contributed by atoms with Crippen LogP contribution in [0.4, 0.5) is 0 Å². The quantitative estimate of drug-likeness (QED) is 0.765. The van der Waals surface area contributed by atoms with Crippen LogP contribution in [0.25, 0.3) is 0 Å². The van der Waals surface area contributed by atoms with Crippen LogP contribution in [0.3, 0.4) is 0 Å². The van der Waals surface area contributed by atoms with E-state index in [1.165, 1.54) is 0 Å². The number of hydrogen-bond acceptors (Lipinski definition) is 3. The van der Waals surface area contributed by atoms with Gasteiger partial charge in [0.1, 0.15) is 6.10 Å². The maximum atomic E-state index is 12.1. The fraction of sp³-hybridized carbons (Fsp3) is 0.857. The van der Waals surface area contributed by atoms with Crippen molar-refractivity contribution < 1.29 is 14.3 Å². The van der Waals surface area contributed by atoms with Crippen molar-refractivity contribution in [2.24, 2.45) is 0 Å². The molecule has 2 heterocycles. The van der Waals surface area contributed by atoms with Gasteiger partial charge in [0.05, 0.1) is 0 Å². The second-order valence-corrected chi connectivity index (χ2v) is 5.31. The van der Waals surface area contributed by atoms with Gasteiger partial charge in [-0.1, -0.05) is 13.3 Å². The van der Waals surface area contributed by atoms with E-state index in [0.29, 0.717) is 39.2 Å². The Morgan fingerprint density at radius 2 is 1.84 bits per heavy atom. The first-order valence-electron chi connectivity index (χ1n) is 7.40. The Labute approximate surface area is 114 Å². The number of carbonyl (C=O) groups is 2. The van der Waals surface area contributed by atoms with Gasteiger partial charge in [0.25, 0.3) is 5.91 Å². The Balaban J connectivity index is 1.75. The number of nitrogens with zero attached hydrogens (tertiary/aromatic N) is 2. The van der Waals surface area contributed by atoms with Gasteiger partial charge >= 0.3 is 0 Å². The highest BCUT2D eigenvalue weighted by atomic mass is 16.5. The van der Waals surface area contributed by atoms with Crippen molar-refractivity contribution in [1.82, 2.24) is 9.80 Å². The van der Waals surface area contributed by atoms with Crippen LogP contribution in [0.5, 0.6) is 0 Å². The molecule has 0 unspecified atom stereocenters. The van der Waals surface area contributed by atoms with Crippen molar-refractivity contribution in [3.05, 3.63) is 0 Å². The molecule has 0 saturated carbocycles. The van der Waals surface area contributed by atoms with Gasteiger partial charge < -0.3 is 14.5 Å². The molecule has 2 aliphatic heterocycles. The van der Waals surface area contributed by atoms with Crippen molar-refractivity contribution in [3.63, 3.8) is 0 Å². The highest BCUT2D eigenvalue weighted by Crippen LogP contribution is 2.16. The van der Waals surface area contributed by atoms with Crippen molar-refractivity contribution in [2.45, 2.75) is 45.1 Å². The Kier molecular flexibility index (Phi) is 5.19. The van der Waals surface area contributed by atoms with Crippen LogP contribution < -0.4 is 0 Å². The molecule has 2 rings (SSSR count). The summed E-state index contributed by atoms with van der Waals surface area (Å²) in [4.78, 5) is 27.8. The van der Waals surface area contributed by atoms with Gasteiger partial charge in [0, 0.05) is 39.2 Å². The molecular formula is C14H24N2O3. The molecule has 0 aromatic rings. The second kappa shape index (κ2) is 6.89. The number of ether oxygens (including phenoxy) is 1. The fourth-order valence-electron chi connectivity index (χ4n) is 2.64. The third-order valence-electron chi connectivity index (χ3n) is 3.89. The van der Waals surface area contributed by atoms with Gasteiger partial charge in [-0.15, -0.1) is 0 Å². The molecule has 108 valence electrons. The molecule has 2 aliphatic rings. The minimum atomic E-state index is -0.234. The Bertz CT molecular complexity index is 319. The van der Waals surface area contributed by atoms with Crippen LogP contribution in [-0.2, 0) is 14.3 Å². The standard InChI is InChI=1S/C14H24N2O3/c1-2-3-6-13(17)15-7-9-16(10-8-15)14(18)12-5-4-11-19-12/h12H,2-11H2,1H3/t12-/m1/s1.